The van der Waals surface area contributed by atoms with Gasteiger partial charge < -0.3 is 15.8 Å². The van der Waals surface area contributed by atoms with Crippen LogP contribution in [0.3, 0.4) is 0 Å². The molecule has 3 N–H and O–H groups in total. The van der Waals surface area contributed by atoms with Crippen molar-refractivity contribution in [2.24, 2.45) is 5.92 Å². The van der Waals surface area contributed by atoms with E-state index in [1.165, 1.54) is 12.8 Å². The third kappa shape index (κ3) is 3.40. The number of nitrogens with two attached hydrogens (primary N) is 1. The maximum absolute atomic E-state index is 11.6. The molecule has 0 aliphatic heterocycles. The summed E-state index contributed by atoms with van der Waals surface area (Å²) >= 11 is 0. The minimum absolute atomic E-state index is 0.123. The summed E-state index contributed by atoms with van der Waals surface area (Å²) in [4.78, 5) is 11.6. The van der Waals surface area contributed by atoms with Gasteiger partial charge in [-0.05, 0) is 43.4 Å². The van der Waals surface area contributed by atoms with Gasteiger partial charge in [0, 0.05) is 12.6 Å². The summed E-state index contributed by atoms with van der Waals surface area (Å²) in [6.07, 6.45) is 4.80. The normalized spacial score (nSPS) is 22.8. The van der Waals surface area contributed by atoms with Gasteiger partial charge in [-0.2, -0.15) is 0 Å². The van der Waals surface area contributed by atoms with Crippen molar-refractivity contribution in [2.45, 2.75) is 38.7 Å². The molecule has 1 aromatic rings. The zero-order chi connectivity index (χ0) is 13.8. The van der Waals surface area contributed by atoms with E-state index in [2.05, 4.69) is 12.2 Å². The van der Waals surface area contributed by atoms with Crippen molar-refractivity contribution in [3.63, 3.8) is 0 Å². The maximum Gasteiger partial charge on any atom is 0.251 e. The zero-order valence-electron chi connectivity index (χ0n) is 11.6. The van der Waals surface area contributed by atoms with Crippen molar-refractivity contribution in [1.29, 1.82) is 0 Å². The molecular formula is C15H22N2O2. The van der Waals surface area contributed by atoms with Crippen LogP contribution >= 0.6 is 0 Å². The van der Waals surface area contributed by atoms with E-state index in [-0.39, 0.29) is 12.0 Å². The quantitative estimate of drug-likeness (QED) is 0.823. The topological polar surface area (TPSA) is 64.4 Å². The number of carbonyl (C=O) groups excluding carboxylic acids is 1. The van der Waals surface area contributed by atoms with Gasteiger partial charge in [-0.3, -0.25) is 4.79 Å². The van der Waals surface area contributed by atoms with Gasteiger partial charge in [0.05, 0.1) is 11.8 Å². The van der Waals surface area contributed by atoms with Crippen LogP contribution in [-0.4, -0.2) is 19.1 Å². The highest BCUT2D eigenvalue weighted by molar-refractivity contribution is 5.95. The summed E-state index contributed by atoms with van der Waals surface area (Å²) in [5.41, 5.74) is 7.09. The Hall–Kier alpha value is -1.71. The number of anilines is 1. The first-order valence-corrected chi connectivity index (χ1v) is 6.88. The van der Waals surface area contributed by atoms with Gasteiger partial charge in [-0.25, -0.2) is 0 Å². The van der Waals surface area contributed by atoms with Crippen molar-refractivity contribution in [3.8, 4) is 5.75 Å². The minimum atomic E-state index is -0.123. The largest absolute Gasteiger partial charge is 0.488 e. The second kappa shape index (κ2) is 5.95. The SMILES string of the molecule is CNC(=O)c1ccc(N)c(OC2CCCC(C)C2)c1. The lowest BCUT2D eigenvalue weighted by Gasteiger charge is -2.28. The van der Waals surface area contributed by atoms with E-state index in [0.717, 1.165) is 12.8 Å². The first kappa shape index (κ1) is 13.7. The van der Waals surface area contributed by atoms with E-state index >= 15 is 0 Å². The minimum Gasteiger partial charge on any atom is -0.488 e. The molecule has 0 bridgehead atoms. The van der Waals surface area contributed by atoms with Gasteiger partial charge in [-0.1, -0.05) is 13.3 Å². The summed E-state index contributed by atoms with van der Waals surface area (Å²) in [7, 11) is 1.61. The Morgan fingerprint density at radius 2 is 2.21 bits per heavy atom. The van der Waals surface area contributed by atoms with Crippen molar-refractivity contribution in [3.05, 3.63) is 23.8 Å². The van der Waals surface area contributed by atoms with Crippen LogP contribution in [0.5, 0.6) is 5.75 Å². The molecule has 0 saturated heterocycles. The molecule has 2 atom stereocenters. The third-order valence-electron chi connectivity index (χ3n) is 3.68. The Kier molecular flexibility index (Phi) is 4.30. The number of benzene rings is 1. The predicted octanol–water partition coefficient (Wildman–Crippen LogP) is 2.59. The molecule has 2 rings (SSSR count). The van der Waals surface area contributed by atoms with Crippen molar-refractivity contribution in [2.75, 3.05) is 12.8 Å². The van der Waals surface area contributed by atoms with E-state index in [1.807, 2.05) is 0 Å². The Balaban J connectivity index is 2.12. The molecule has 1 aliphatic carbocycles. The molecular weight excluding hydrogens is 240 g/mol. The molecule has 104 valence electrons. The summed E-state index contributed by atoms with van der Waals surface area (Å²) in [6.45, 7) is 2.25. The molecule has 1 fully saturated rings. The van der Waals surface area contributed by atoms with Crippen LogP contribution < -0.4 is 15.8 Å². The number of hydrogen-bond acceptors (Lipinski definition) is 3. The fourth-order valence-electron chi connectivity index (χ4n) is 2.59. The number of nitrogens with one attached hydrogen (secondary N) is 1. The lowest BCUT2D eigenvalue weighted by atomic mass is 9.88. The zero-order valence-corrected chi connectivity index (χ0v) is 11.6. The van der Waals surface area contributed by atoms with Gasteiger partial charge >= 0.3 is 0 Å². The standard InChI is InChI=1S/C15H22N2O2/c1-10-4-3-5-12(8-10)19-14-9-11(15(18)17-2)6-7-13(14)16/h6-7,9-10,12H,3-5,8,16H2,1-2H3,(H,17,18). The van der Waals surface area contributed by atoms with E-state index in [1.54, 1.807) is 25.2 Å². The van der Waals surface area contributed by atoms with Gasteiger partial charge in [-0.15, -0.1) is 0 Å². The molecule has 1 amide bonds. The van der Waals surface area contributed by atoms with Crippen LogP contribution in [0.2, 0.25) is 0 Å². The maximum atomic E-state index is 11.6. The van der Waals surface area contributed by atoms with Gasteiger partial charge in [0.25, 0.3) is 5.91 Å². The van der Waals surface area contributed by atoms with E-state index in [0.29, 0.717) is 22.9 Å². The van der Waals surface area contributed by atoms with E-state index < -0.39 is 0 Å². The van der Waals surface area contributed by atoms with Crippen LogP contribution in [0.4, 0.5) is 5.69 Å². The first-order valence-electron chi connectivity index (χ1n) is 6.88. The smallest absolute Gasteiger partial charge is 0.251 e. The second-order valence-electron chi connectivity index (χ2n) is 5.34. The fraction of sp³-hybridized carbons (Fsp3) is 0.533. The third-order valence-corrected chi connectivity index (χ3v) is 3.68. The van der Waals surface area contributed by atoms with Crippen molar-refractivity contribution >= 4 is 11.6 Å². The molecule has 1 saturated carbocycles. The Bertz CT molecular complexity index is 459. The van der Waals surface area contributed by atoms with Crippen LogP contribution in [0.25, 0.3) is 0 Å². The first-order chi connectivity index (χ1) is 9.10. The Labute approximate surface area is 114 Å². The lowest BCUT2D eigenvalue weighted by molar-refractivity contribution is 0.0961. The number of amides is 1. The number of carbonyl (C=O) groups is 1. The average molecular weight is 262 g/mol. The number of nitrogen functional groups attached to an aromatic ring is 1. The van der Waals surface area contributed by atoms with Gasteiger partial charge in [0.1, 0.15) is 5.75 Å². The van der Waals surface area contributed by atoms with Crippen LogP contribution in [0.15, 0.2) is 18.2 Å². The van der Waals surface area contributed by atoms with Crippen molar-refractivity contribution < 1.29 is 9.53 Å². The highest BCUT2D eigenvalue weighted by atomic mass is 16.5. The molecule has 2 unspecified atom stereocenters. The lowest BCUT2D eigenvalue weighted by Crippen LogP contribution is -2.25. The van der Waals surface area contributed by atoms with Gasteiger partial charge in [0.2, 0.25) is 0 Å². The van der Waals surface area contributed by atoms with Crippen LogP contribution in [0, 0.1) is 5.92 Å². The van der Waals surface area contributed by atoms with E-state index in [9.17, 15) is 4.79 Å². The monoisotopic (exact) mass is 262 g/mol. The molecule has 0 heterocycles. The molecule has 1 aromatic carbocycles. The average Bonchev–Trinajstić information content (AvgIpc) is 2.40. The Morgan fingerprint density at radius 3 is 2.89 bits per heavy atom. The Morgan fingerprint density at radius 1 is 1.42 bits per heavy atom. The predicted molar refractivity (Wildman–Crippen MR) is 76.3 cm³/mol. The molecule has 19 heavy (non-hydrogen) atoms. The molecule has 4 nitrogen and oxygen atoms in total. The second-order valence-corrected chi connectivity index (χ2v) is 5.34. The molecule has 0 aromatic heterocycles. The van der Waals surface area contributed by atoms with E-state index in [4.69, 9.17) is 10.5 Å². The molecule has 4 heteroatoms. The van der Waals surface area contributed by atoms with Gasteiger partial charge in [0.15, 0.2) is 0 Å². The summed E-state index contributed by atoms with van der Waals surface area (Å²) < 4.78 is 5.99. The number of hydrogen-bond donors (Lipinski definition) is 2. The van der Waals surface area contributed by atoms with Crippen LogP contribution in [-0.2, 0) is 0 Å². The highest BCUT2D eigenvalue weighted by Crippen LogP contribution is 2.30. The molecule has 0 spiro atoms. The molecule has 1 aliphatic rings. The number of rotatable bonds is 3. The summed E-state index contributed by atoms with van der Waals surface area (Å²) in [5.74, 6) is 1.20. The summed E-state index contributed by atoms with van der Waals surface area (Å²) in [6, 6.07) is 5.17. The van der Waals surface area contributed by atoms with Crippen molar-refractivity contribution in [1.82, 2.24) is 5.32 Å². The number of ether oxygens (including phenoxy) is 1. The summed E-state index contributed by atoms with van der Waals surface area (Å²) in [5, 5.41) is 2.60. The van der Waals surface area contributed by atoms with Crippen LogP contribution in [0.1, 0.15) is 43.0 Å². The fourth-order valence-corrected chi connectivity index (χ4v) is 2.59. The molecule has 0 radical (unpaired) electrons. The highest BCUT2D eigenvalue weighted by Gasteiger charge is 2.21.